The van der Waals surface area contributed by atoms with Crippen molar-refractivity contribution in [3.8, 4) is 11.5 Å². The summed E-state index contributed by atoms with van der Waals surface area (Å²) in [6, 6.07) is 17.4. The predicted molar refractivity (Wildman–Crippen MR) is 134 cm³/mol. The Hall–Kier alpha value is -2.36. The lowest BCUT2D eigenvalue weighted by atomic mass is 10.1. The van der Waals surface area contributed by atoms with Crippen molar-refractivity contribution in [2.75, 3.05) is 23.8 Å². The maximum atomic E-state index is 6.02. The number of nitrogens with one attached hydrogen (secondary N) is 2. The smallest absolute Gasteiger partial charge is 0.119 e. The molecule has 0 saturated carbocycles. The van der Waals surface area contributed by atoms with Gasteiger partial charge in [-0.1, -0.05) is 34.6 Å². The molecule has 2 aromatic rings. The highest BCUT2D eigenvalue weighted by Crippen LogP contribution is 2.21. The molecular weight excluding hydrogens is 384 g/mol. The van der Waals surface area contributed by atoms with Gasteiger partial charge in [-0.15, -0.1) is 0 Å². The molecule has 2 N–H and O–H groups in total. The second-order valence-electron chi connectivity index (χ2n) is 9.30. The summed E-state index contributed by atoms with van der Waals surface area (Å²) >= 11 is 0. The van der Waals surface area contributed by atoms with Crippen LogP contribution in [0, 0.1) is 17.8 Å². The zero-order valence-corrected chi connectivity index (χ0v) is 20.4. The van der Waals surface area contributed by atoms with Crippen LogP contribution >= 0.6 is 0 Å². The predicted octanol–water partition coefficient (Wildman–Crippen LogP) is 7.08. The molecule has 2 aromatic carbocycles. The topological polar surface area (TPSA) is 42.5 Å². The van der Waals surface area contributed by atoms with Crippen LogP contribution in [-0.2, 0) is 0 Å². The van der Waals surface area contributed by atoms with Crippen molar-refractivity contribution >= 4 is 11.4 Å². The third-order valence-corrected chi connectivity index (χ3v) is 6.05. The fourth-order valence-corrected chi connectivity index (χ4v) is 2.87. The van der Waals surface area contributed by atoms with E-state index in [2.05, 4.69) is 83.4 Å². The molecule has 0 bridgehead atoms. The molecule has 0 saturated heterocycles. The normalized spacial score (nSPS) is 14.2. The zero-order chi connectivity index (χ0) is 22.8. The Morgan fingerprint density at radius 1 is 0.613 bits per heavy atom. The molecule has 0 aliphatic carbocycles. The van der Waals surface area contributed by atoms with Gasteiger partial charge in [0, 0.05) is 29.4 Å². The van der Waals surface area contributed by atoms with Crippen LogP contribution in [0.15, 0.2) is 48.5 Å². The second kappa shape index (κ2) is 12.5. The lowest BCUT2D eigenvalue weighted by Gasteiger charge is -2.20. The Morgan fingerprint density at radius 3 is 1.26 bits per heavy atom. The first-order valence-electron chi connectivity index (χ1n) is 11.8. The van der Waals surface area contributed by atoms with Gasteiger partial charge in [-0.25, -0.2) is 0 Å². The van der Waals surface area contributed by atoms with Gasteiger partial charge >= 0.3 is 0 Å². The van der Waals surface area contributed by atoms with E-state index in [-0.39, 0.29) is 0 Å². The zero-order valence-electron chi connectivity index (χ0n) is 20.4. The molecule has 4 heteroatoms. The molecule has 0 radical (unpaired) electrons. The summed E-state index contributed by atoms with van der Waals surface area (Å²) in [5, 5.41) is 7.05. The van der Waals surface area contributed by atoms with Gasteiger partial charge in [0.15, 0.2) is 0 Å². The van der Waals surface area contributed by atoms with Gasteiger partial charge < -0.3 is 20.1 Å². The third-order valence-electron chi connectivity index (χ3n) is 6.05. The molecular formula is C27H42N2O2. The van der Waals surface area contributed by atoms with E-state index in [0.29, 0.717) is 43.1 Å². The van der Waals surface area contributed by atoms with E-state index in [9.17, 15) is 0 Å². The van der Waals surface area contributed by atoms with Crippen LogP contribution in [0.2, 0.25) is 0 Å². The molecule has 0 heterocycles. The number of hydrogen-bond donors (Lipinski definition) is 2. The third kappa shape index (κ3) is 8.72. The number of ether oxygens (including phenoxy) is 2. The number of anilines is 2. The summed E-state index contributed by atoms with van der Waals surface area (Å²) in [4.78, 5) is 0. The van der Waals surface area contributed by atoms with Crippen molar-refractivity contribution in [1.29, 1.82) is 0 Å². The van der Waals surface area contributed by atoms with Crippen LogP contribution in [-0.4, -0.2) is 25.3 Å². The van der Waals surface area contributed by atoms with Crippen molar-refractivity contribution in [3.05, 3.63) is 48.5 Å². The highest BCUT2D eigenvalue weighted by molar-refractivity contribution is 5.47. The molecule has 0 spiro atoms. The number of rotatable bonds is 13. The highest BCUT2D eigenvalue weighted by atomic mass is 16.5. The van der Waals surface area contributed by atoms with E-state index in [1.165, 1.54) is 0 Å². The van der Waals surface area contributed by atoms with Crippen molar-refractivity contribution in [2.45, 2.75) is 67.0 Å². The minimum atomic E-state index is 0.345. The monoisotopic (exact) mass is 426 g/mol. The Labute approximate surface area is 189 Å². The van der Waals surface area contributed by atoms with Crippen LogP contribution in [0.1, 0.15) is 54.9 Å². The van der Waals surface area contributed by atoms with Gasteiger partial charge in [-0.3, -0.25) is 0 Å². The van der Waals surface area contributed by atoms with Crippen LogP contribution in [0.4, 0.5) is 11.4 Å². The first-order valence-corrected chi connectivity index (χ1v) is 11.8. The molecule has 0 aliphatic heterocycles. The van der Waals surface area contributed by atoms with Crippen molar-refractivity contribution in [2.24, 2.45) is 17.8 Å². The van der Waals surface area contributed by atoms with Crippen molar-refractivity contribution in [1.82, 2.24) is 0 Å². The van der Waals surface area contributed by atoms with E-state index in [1.54, 1.807) is 0 Å². The van der Waals surface area contributed by atoms with Gasteiger partial charge in [0.25, 0.3) is 0 Å². The molecule has 0 amide bonds. The van der Waals surface area contributed by atoms with E-state index >= 15 is 0 Å². The quantitative estimate of drug-likeness (QED) is 0.359. The Kier molecular flexibility index (Phi) is 10.0. The summed E-state index contributed by atoms with van der Waals surface area (Å²) in [6.45, 7) is 16.8. The summed E-state index contributed by atoms with van der Waals surface area (Å²) in [7, 11) is 0. The fraction of sp³-hybridized carbons (Fsp3) is 0.556. The van der Waals surface area contributed by atoms with Gasteiger partial charge in [0.2, 0.25) is 0 Å². The summed E-state index contributed by atoms with van der Waals surface area (Å²) < 4.78 is 12.0. The Morgan fingerprint density at radius 2 is 0.968 bits per heavy atom. The maximum absolute atomic E-state index is 6.02. The van der Waals surface area contributed by atoms with Crippen LogP contribution in [0.25, 0.3) is 0 Å². The molecule has 0 aliphatic rings. The van der Waals surface area contributed by atoms with Gasteiger partial charge in [-0.2, -0.15) is 0 Å². The van der Waals surface area contributed by atoms with Crippen LogP contribution < -0.4 is 20.1 Å². The molecule has 2 rings (SSSR count). The SMILES string of the molecule is CCC(COc1ccc(NC(C)C(C)C)cc1)COc1ccc(NC(C)C(C)C)cc1. The van der Waals surface area contributed by atoms with E-state index in [0.717, 1.165) is 29.3 Å². The molecule has 2 atom stereocenters. The highest BCUT2D eigenvalue weighted by Gasteiger charge is 2.11. The van der Waals surface area contributed by atoms with Gasteiger partial charge in [-0.05, 0) is 80.6 Å². The van der Waals surface area contributed by atoms with Crippen molar-refractivity contribution in [3.63, 3.8) is 0 Å². The van der Waals surface area contributed by atoms with E-state index in [1.807, 2.05) is 24.3 Å². The largest absolute Gasteiger partial charge is 0.493 e. The Bertz CT molecular complexity index is 677. The average molecular weight is 427 g/mol. The van der Waals surface area contributed by atoms with Gasteiger partial charge in [0.1, 0.15) is 11.5 Å². The maximum Gasteiger partial charge on any atom is 0.119 e. The minimum Gasteiger partial charge on any atom is -0.493 e. The summed E-state index contributed by atoms with van der Waals surface area (Å²) in [5.41, 5.74) is 2.26. The lowest BCUT2D eigenvalue weighted by Crippen LogP contribution is -2.21. The molecule has 0 fully saturated rings. The van der Waals surface area contributed by atoms with Crippen molar-refractivity contribution < 1.29 is 9.47 Å². The molecule has 0 aromatic heterocycles. The summed E-state index contributed by atoms with van der Waals surface area (Å²) in [5.74, 6) is 3.33. The van der Waals surface area contributed by atoms with Crippen LogP contribution in [0.3, 0.4) is 0 Å². The molecule has 172 valence electrons. The Balaban J connectivity index is 1.78. The number of benzene rings is 2. The first-order chi connectivity index (χ1) is 14.8. The fourth-order valence-electron chi connectivity index (χ4n) is 2.87. The molecule has 31 heavy (non-hydrogen) atoms. The van der Waals surface area contributed by atoms with E-state index < -0.39 is 0 Å². The molecule has 2 unspecified atom stereocenters. The summed E-state index contributed by atoms with van der Waals surface area (Å²) in [6.07, 6.45) is 1.01. The van der Waals surface area contributed by atoms with E-state index in [4.69, 9.17) is 9.47 Å². The second-order valence-corrected chi connectivity index (χ2v) is 9.30. The lowest BCUT2D eigenvalue weighted by molar-refractivity contribution is 0.173. The first kappa shape index (κ1) is 24.9. The standard InChI is InChI=1S/C27H42N2O2/c1-8-23(17-30-26-13-9-24(10-14-26)28-21(6)19(2)3)18-31-27-15-11-25(12-16-27)29-22(7)20(4)5/h9-16,19-23,28-29H,8,17-18H2,1-7H3. The van der Waals surface area contributed by atoms with Crippen LogP contribution in [0.5, 0.6) is 11.5 Å². The minimum absolute atomic E-state index is 0.345. The number of hydrogen-bond acceptors (Lipinski definition) is 4. The molecule has 4 nitrogen and oxygen atoms in total. The average Bonchev–Trinajstić information content (AvgIpc) is 2.75. The van der Waals surface area contributed by atoms with Gasteiger partial charge in [0.05, 0.1) is 13.2 Å².